The zero-order valence-corrected chi connectivity index (χ0v) is 32.5. The van der Waals surface area contributed by atoms with Crippen molar-refractivity contribution in [1.29, 1.82) is 0 Å². The van der Waals surface area contributed by atoms with Gasteiger partial charge in [-0.25, -0.2) is 0 Å². The van der Waals surface area contributed by atoms with Crippen LogP contribution < -0.4 is 17.0 Å². The summed E-state index contributed by atoms with van der Waals surface area (Å²) < 4.78 is 2.25. The molecule has 0 saturated carbocycles. The van der Waals surface area contributed by atoms with Gasteiger partial charge in [0.15, 0.2) is 0 Å². The van der Waals surface area contributed by atoms with E-state index in [1.165, 1.54) is 193 Å². The number of quaternary nitrogens is 2. The topological polar surface area (TPSA) is 30.0 Å². The van der Waals surface area contributed by atoms with Gasteiger partial charge in [0.25, 0.3) is 0 Å². The SMILES string of the molecule is CCCCCCCCCCCCCCCC[N+](C)(C)C.CCCCCCCCCCCCCCCC[N+](C)(C)C.[Br-].[OH-]. The third-order valence-electron chi connectivity index (χ3n) is 8.36. The van der Waals surface area contributed by atoms with Gasteiger partial charge >= 0.3 is 0 Å². The summed E-state index contributed by atoms with van der Waals surface area (Å²) in [5, 5.41) is 0. The molecule has 3 nitrogen and oxygen atoms in total. The largest absolute Gasteiger partial charge is 1.00 e. The minimum Gasteiger partial charge on any atom is -1.00 e. The molecule has 4 heteroatoms. The normalized spacial score (nSPS) is 11.4. The Morgan fingerprint density at radius 2 is 0.405 bits per heavy atom. The first-order chi connectivity index (χ1) is 19.1. The summed E-state index contributed by atoms with van der Waals surface area (Å²) >= 11 is 0. The lowest BCUT2D eigenvalue weighted by Gasteiger charge is -2.23. The summed E-state index contributed by atoms with van der Waals surface area (Å²) in [7, 11) is 13.8. The molecule has 0 unspecified atom stereocenters. The molecule has 0 heterocycles. The Morgan fingerprint density at radius 1 is 0.262 bits per heavy atom. The molecule has 0 aromatic heterocycles. The van der Waals surface area contributed by atoms with E-state index in [-0.39, 0.29) is 22.5 Å². The van der Waals surface area contributed by atoms with Gasteiger partial charge in [0.1, 0.15) is 0 Å². The van der Waals surface area contributed by atoms with Crippen LogP contribution in [0.3, 0.4) is 0 Å². The van der Waals surface area contributed by atoms with Gasteiger partial charge in [-0.3, -0.25) is 0 Å². The fourth-order valence-electron chi connectivity index (χ4n) is 5.56. The van der Waals surface area contributed by atoms with Crippen molar-refractivity contribution >= 4 is 0 Å². The van der Waals surface area contributed by atoms with E-state index in [2.05, 4.69) is 56.1 Å². The molecule has 260 valence electrons. The maximum Gasteiger partial charge on any atom is 0.0780 e. The molecule has 0 amide bonds. The molecule has 0 saturated heterocycles. The maximum atomic E-state index is 2.29. The lowest BCUT2D eigenvalue weighted by atomic mass is 10.0. The van der Waals surface area contributed by atoms with Gasteiger partial charge in [0.05, 0.1) is 55.4 Å². The Labute approximate surface area is 279 Å². The number of unbranched alkanes of at least 4 members (excludes halogenated alkanes) is 26. The number of rotatable bonds is 30. The van der Waals surface area contributed by atoms with Crippen molar-refractivity contribution < 1.29 is 31.4 Å². The third-order valence-corrected chi connectivity index (χ3v) is 8.36. The van der Waals surface area contributed by atoms with E-state index in [0.29, 0.717) is 0 Å². The van der Waals surface area contributed by atoms with Crippen molar-refractivity contribution in [1.82, 2.24) is 0 Å². The molecule has 0 spiro atoms. The average Bonchev–Trinajstić information content (AvgIpc) is 2.88. The number of nitrogens with zero attached hydrogens (tertiary/aromatic N) is 2. The highest BCUT2D eigenvalue weighted by molar-refractivity contribution is 4.50. The Hall–Kier alpha value is 0.360. The van der Waals surface area contributed by atoms with Gasteiger partial charge in [-0.1, -0.05) is 168 Å². The summed E-state index contributed by atoms with van der Waals surface area (Å²) in [6.45, 7) is 7.25. The van der Waals surface area contributed by atoms with Crippen LogP contribution in [0.2, 0.25) is 0 Å². The zero-order valence-electron chi connectivity index (χ0n) is 30.9. The molecule has 0 aromatic rings. The van der Waals surface area contributed by atoms with Crippen molar-refractivity contribution in [3.63, 3.8) is 0 Å². The van der Waals surface area contributed by atoms with Gasteiger partial charge in [-0.15, -0.1) is 0 Å². The maximum absolute atomic E-state index is 2.29. The van der Waals surface area contributed by atoms with Crippen molar-refractivity contribution in [3.8, 4) is 0 Å². The summed E-state index contributed by atoms with van der Waals surface area (Å²) in [5.41, 5.74) is 0. The van der Waals surface area contributed by atoms with Crippen LogP contribution in [0.15, 0.2) is 0 Å². The quantitative estimate of drug-likeness (QED) is 0.0556. The first-order valence-corrected chi connectivity index (χ1v) is 18.7. The van der Waals surface area contributed by atoms with Crippen molar-refractivity contribution in [2.45, 2.75) is 194 Å². The molecule has 0 aliphatic rings. The second-order valence-electron chi connectivity index (χ2n) is 15.2. The second kappa shape index (κ2) is 37.5. The van der Waals surface area contributed by atoms with Crippen LogP contribution in [0.1, 0.15) is 194 Å². The number of halogens is 1. The molecule has 0 aliphatic heterocycles. The molecule has 1 N–H and O–H groups in total. The smallest absolute Gasteiger partial charge is 0.0780 e. The van der Waals surface area contributed by atoms with Crippen LogP contribution >= 0.6 is 0 Å². The van der Waals surface area contributed by atoms with Gasteiger partial charge in [0, 0.05) is 0 Å². The van der Waals surface area contributed by atoms with E-state index in [1.807, 2.05) is 0 Å². The monoisotopic (exact) mass is 665 g/mol. The summed E-state index contributed by atoms with van der Waals surface area (Å²) in [6.07, 6.45) is 40.7. The predicted octanol–water partition coefficient (Wildman–Crippen LogP) is 9.18. The average molecular weight is 666 g/mol. The highest BCUT2D eigenvalue weighted by Gasteiger charge is 2.06. The lowest BCUT2D eigenvalue weighted by Crippen LogP contribution is -3.00. The Morgan fingerprint density at radius 3 is 0.548 bits per heavy atom. The minimum atomic E-state index is 0. The first kappa shape index (κ1) is 49.2. The van der Waals surface area contributed by atoms with Crippen molar-refractivity contribution in [2.75, 3.05) is 55.4 Å². The number of hydrogen-bond donors (Lipinski definition) is 0. The molecular formula is C38H85BrN2O. The molecular weight excluding hydrogens is 580 g/mol. The van der Waals surface area contributed by atoms with Crippen LogP contribution in [0.5, 0.6) is 0 Å². The van der Waals surface area contributed by atoms with E-state index in [9.17, 15) is 0 Å². The number of hydrogen-bond acceptors (Lipinski definition) is 1. The van der Waals surface area contributed by atoms with Crippen LogP contribution in [-0.2, 0) is 0 Å². The van der Waals surface area contributed by atoms with Crippen LogP contribution in [0, 0.1) is 0 Å². The predicted molar refractivity (Wildman–Crippen MR) is 188 cm³/mol. The second-order valence-corrected chi connectivity index (χ2v) is 15.2. The lowest BCUT2D eigenvalue weighted by molar-refractivity contribution is -0.870. The molecule has 0 bridgehead atoms. The summed E-state index contributed by atoms with van der Waals surface area (Å²) in [5.74, 6) is 0. The standard InChI is InChI=1S/2C19H42N.BrH.H2O/c2*1-5-6-7-8-9-10-11-12-13-14-15-16-17-18-19-20(2,3)4;;/h2*5-19H2,1-4H3;1H;1H2/q2*+1;;/p-2. The minimum absolute atomic E-state index is 0. The van der Waals surface area contributed by atoms with E-state index in [0.717, 1.165) is 8.97 Å². The summed E-state index contributed by atoms with van der Waals surface area (Å²) in [6, 6.07) is 0. The van der Waals surface area contributed by atoms with Gasteiger partial charge < -0.3 is 31.4 Å². The highest BCUT2D eigenvalue weighted by Crippen LogP contribution is 2.14. The highest BCUT2D eigenvalue weighted by atomic mass is 79.9. The third kappa shape index (κ3) is 53.0. The van der Waals surface area contributed by atoms with Crippen LogP contribution in [0.4, 0.5) is 0 Å². The van der Waals surface area contributed by atoms with Gasteiger partial charge in [-0.2, -0.15) is 0 Å². The molecule has 42 heavy (non-hydrogen) atoms. The Kier molecular flexibility index (Phi) is 44.0. The van der Waals surface area contributed by atoms with E-state index < -0.39 is 0 Å². The fourth-order valence-corrected chi connectivity index (χ4v) is 5.56. The first-order valence-electron chi connectivity index (χ1n) is 18.7. The fraction of sp³-hybridized carbons (Fsp3) is 1.00. The molecule has 0 fully saturated rings. The molecule has 0 aromatic carbocycles. The summed E-state index contributed by atoms with van der Waals surface area (Å²) in [4.78, 5) is 0. The van der Waals surface area contributed by atoms with E-state index >= 15 is 0 Å². The Bertz CT molecular complexity index is 417. The van der Waals surface area contributed by atoms with Crippen LogP contribution in [-0.4, -0.2) is 69.8 Å². The Balaban J connectivity index is -0.000000328. The van der Waals surface area contributed by atoms with E-state index in [1.54, 1.807) is 0 Å². The van der Waals surface area contributed by atoms with Gasteiger partial charge in [-0.05, 0) is 25.7 Å². The molecule has 0 rings (SSSR count). The molecule has 0 atom stereocenters. The zero-order chi connectivity index (χ0) is 30.2. The van der Waals surface area contributed by atoms with Crippen molar-refractivity contribution in [3.05, 3.63) is 0 Å². The van der Waals surface area contributed by atoms with E-state index in [4.69, 9.17) is 0 Å². The van der Waals surface area contributed by atoms with Gasteiger partial charge in [0.2, 0.25) is 0 Å². The molecule has 0 aliphatic carbocycles. The van der Waals surface area contributed by atoms with Crippen LogP contribution in [0.25, 0.3) is 0 Å². The van der Waals surface area contributed by atoms with Crippen molar-refractivity contribution in [2.24, 2.45) is 0 Å². The molecule has 0 radical (unpaired) electrons.